The number of nitrogens with zero attached hydrogens (tertiary/aromatic N) is 4. The molecule has 2 aromatic rings. The molecule has 0 saturated heterocycles. The molecule has 0 radical (unpaired) electrons. The molecule has 10 nitrogen and oxygen atoms in total. The van der Waals surface area contributed by atoms with E-state index in [1.54, 1.807) is 0 Å². The standard InChI is InChI=1S/C22H24F3N5O5S/c1-35-18-10-15(9-16(18)20(32)27-21(12-26)5-6-21)36(33,34)19-3-2-14(8-17(19)22(23,24)25)30-11-13(4-7-31)28-29-30/h2-3,8,11,15-16,18,31H,4-7,9-10H2,1H3,(H,27,32)/t15?,16-,18-/m1/s1. The second-order valence-electron chi connectivity index (χ2n) is 9.01. The number of rotatable bonds is 8. The number of methoxy groups -OCH3 is 1. The number of alkyl halides is 3. The second-order valence-corrected chi connectivity index (χ2v) is 11.2. The number of amides is 1. The number of aliphatic hydroxyl groups excluding tert-OH is 1. The van der Waals surface area contributed by atoms with Gasteiger partial charge in [-0.3, -0.25) is 4.79 Å². The smallest absolute Gasteiger partial charge is 0.396 e. The van der Waals surface area contributed by atoms with Crippen molar-refractivity contribution in [3.63, 3.8) is 0 Å². The number of carbonyl (C=O) groups excluding carboxylic acids is 1. The molecule has 1 heterocycles. The van der Waals surface area contributed by atoms with Crippen LogP contribution >= 0.6 is 0 Å². The van der Waals surface area contributed by atoms with Gasteiger partial charge < -0.3 is 15.2 Å². The molecule has 1 unspecified atom stereocenters. The van der Waals surface area contributed by atoms with Crippen LogP contribution in [0.2, 0.25) is 0 Å². The molecule has 14 heteroatoms. The minimum atomic E-state index is -4.99. The molecule has 2 aliphatic rings. The zero-order chi connectivity index (χ0) is 26.3. The molecule has 2 fully saturated rings. The van der Waals surface area contributed by atoms with Crippen LogP contribution in [-0.2, 0) is 32.0 Å². The summed E-state index contributed by atoms with van der Waals surface area (Å²) in [6.07, 6.45) is -3.75. The van der Waals surface area contributed by atoms with Crippen molar-refractivity contribution in [3.8, 4) is 11.8 Å². The van der Waals surface area contributed by atoms with Crippen LogP contribution in [-0.4, -0.2) is 65.0 Å². The SMILES string of the molecule is CO[C@@H]1CC(S(=O)(=O)c2ccc(-n3cc(CCO)nn3)cc2C(F)(F)F)C[C@H]1C(=O)NC1(C#N)CC1. The molecule has 2 N–H and O–H groups in total. The van der Waals surface area contributed by atoms with E-state index >= 15 is 0 Å². The molecule has 1 aromatic carbocycles. The lowest BCUT2D eigenvalue weighted by molar-refractivity contribution is -0.140. The Morgan fingerprint density at radius 2 is 2.08 bits per heavy atom. The van der Waals surface area contributed by atoms with E-state index in [0.29, 0.717) is 24.6 Å². The van der Waals surface area contributed by atoms with E-state index in [4.69, 9.17) is 9.84 Å². The first-order valence-corrected chi connectivity index (χ1v) is 12.7. The number of hydrogen-bond acceptors (Lipinski definition) is 8. The molecule has 3 atom stereocenters. The molecule has 1 aromatic heterocycles. The van der Waals surface area contributed by atoms with Crippen LogP contribution in [0.3, 0.4) is 0 Å². The van der Waals surface area contributed by atoms with Crippen molar-refractivity contribution in [1.82, 2.24) is 20.3 Å². The van der Waals surface area contributed by atoms with Crippen molar-refractivity contribution in [3.05, 3.63) is 35.7 Å². The third-order valence-electron chi connectivity index (χ3n) is 6.61. The second kappa shape index (κ2) is 9.45. The Kier molecular flexibility index (Phi) is 6.84. The Morgan fingerprint density at radius 3 is 2.67 bits per heavy atom. The van der Waals surface area contributed by atoms with Gasteiger partial charge >= 0.3 is 6.18 Å². The summed E-state index contributed by atoms with van der Waals surface area (Å²) in [4.78, 5) is 11.9. The Hall–Kier alpha value is -3.02. The minimum absolute atomic E-state index is 0.0531. The predicted molar refractivity (Wildman–Crippen MR) is 117 cm³/mol. The van der Waals surface area contributed by atoms with Gasteiger partial charge in [0.25, 0.3) is 0 Å². The molecular weight excluding hydrogens is 503 g/mol. The molecule has 1 amide bonds. The van der Waals surface area contributed by atoms with Gasteiger partial charge in [0.1, 0.15) is 5.54 Å². The van der Waals surface area contributed by atoms with Crippen LogP contribution < -0.4 is 5.32 Å². The van der Waals surface area contributed by atoms with E-state index in [0.717, 1.165) is 10.7 Å². The molecule has 4 rings (SSSR count). The first kappa shape index (κ1) is 26.1. The number of sulfone groups is 1. The first-order valence-electron chi connectivity index (χ1n) is 11.2. The summed E-state index contributed by atoms with van der Waals surface area (Å²) in [6.45, 7) is -0.218. The van der Waals surface area contributed by atoms with Gasteiger partial charge in [0.2, 0.25) is 5.91 Å². The maximum absolute atomic E-state index is 14.0. The summed E-state index contributed by atoms with van der Waals surface area (Å²) in [5.41, 5.74) is -2.03. The highest BCUT2D eigenvalue weighted by Crippen LogP contribution is 2.42. The monoisotopic (exact) mass is 527 g/mol. The highest BCUT2D eigenvalue weighted by molar-refractivity contribution is 7.92. The van der Waals surface area contributed by atoms with Gasteiger partial charge in [-0.1, -0.05) is 5.21 Å². The summed E-state index contributed by atoms with van der Waals surface area (Å²) in [6, 6.07) is 4.77. The number of nitrogens with one attached hydrogen (secondary N) is 1. The lowest BCUT2D eigenvalue weighted by Crippen LogP contribution is -2.42. The number of aliphatic hydroxyl groups is 1. The van der Waals surface area contributed by atoms with Gasteiger partial charge in [-0.15, -0.1) is 5.10 Å². The van der Waals surface area contributed by atoms with Gasteiger partial charge in [0.05, 0.1) is 51.4 Å². The van der Waals surface area contributed by atoms with Crippen molar-refractivity contribution >= 4 is 15.7 Å². The fourth-order valence-corrected chi connectivity index (χ4v) is 6.43. The van der Waals surface area contributed by atoms with Crippen LogP contribution in [0.15, 0.2) is 29.3 Å². The Morgan fingerprint density at radius 1 is 1.36 bits per heavy atom. The highest BCUT2D eigenvalue weighted by atomic mass is 32.2. The van der Waals surface area contributed by atoms with Crippen LogP contribution in [0, 0.1) is 17.2 Å². The van der Waals surface area contributed by atoms with E-state index in [2.05, 4.69) is 15.6 Å². The van der Waals surface area contributed by atoms with Gasteiger partial charge in [0.15, 0.2) is 9.84 Å². The molecule has 36 heavy (non-hydrogen) atoms. The predicted octanol–water partition coefficient (Wildman–Crippen LogP) is 1.56. The summed E-state index contributed by atoms with van der Waals surface area (Å²) in [7, 11) is -3.22. The van der Waals surface area contributed by atoms with E-state index in [-0.39, 0.29) is 31.6 Å². The van der Waals surface area contributed by atoms with Gasteiger partial charge in [-0.25, -0.2) is 13.1 Å². The molecule has 0 aliphatic heterocycles. The topological polar surface area (TPSA) is 147 Å². The number of benzene rings is 1. The molecule has 2 aliphatic carbocycles. The largest absolute Gasteiger partial charge is 0.417 e. The van der Waals surface area contributed by atoms with Gasteiger partial charge in [0, 0.05) is 20.1 Å². The molecule has 0 bridgehead atoms. The molecule has 0 spiro atoms. The fraction of sp³-hybridized carbons (Fsp3) is 0.545. The van der Waals surface area contributed by atoms with Crippen molar-refractivity contribution in [2.45, 2.75) is 60.1 Å². The average molecular weight is 528 g/mol. The first-order chi connectivity index (χ1) is 16.9. The third kappa shape index (κ3) is 4.95. The number of carbonyl (C=O) groups is 1. The van der Waals surface area contributed by atoms with Crippen LogP contribution in [0.4, 0.5) is 13.2 Å². The maximum Gasteiger partial charge on any atom is 0.417 e. The highest BCUT2D eigenvalue weighted by Gasteiger charge is 2.51. The number of ether oxygens (including phenoxy) is 1. The number of halogens is 3. The summed E-state index contributed by atoms with van der Waals surface area (Å²) >= 11 is 0. The number of hydrogen-bond donors (Lipinski definition) is 2. The van der Waals surface area contributed by atoms with Gasteiger partial charge in [-0.05, 0) is 43.9 Å². The Balaban J connectivity index is 1.64. The fourth-order valence-electron chi connectivity index (χ4n) is 4.43. The van der Waals surface area contributed by atoms with Crippen LogP contribution in [0.5, 0.6) is 0 Å². The van der Waals surface area contributed by atoms with E-state index < -0.39 is 55.2 Å². The number of aromatic nitrogens is 3. The quantitative estimate of drug-likeness (QED) is 0.526. The average Bonchev–Trinajstić information content (AvgIpc) is 3.23. The van der Waals surface area contributed by atoms with E-state index in [1.165, 1.54) is 19.4 Å². The van der Waals surface area contributed by atoms with Crippen LogP contribution in [0.1, 0.15) is 36.9 Å². The Bertz CT molecular complexity index is 1300. The minimum Gasteiger partial charge on any atom is -0.396 e. The third-order valence-corrected chi connectivity index (χ3v) is 8.85. The summed E-state index contributed by atoms with van der Waals surface area (Å²) < 4.78 is 75.2. The van der Waals surface area contributed by atoms with Crippen molar-refractivity contribution in [2.24, 2.45) is 5.92 Å². The lowest BCUT2D eigenvalue weighted by Gasteiger charge is -2.19. The summed E-state index contributed by atoms with van der Waals surface area (Å²) in [5, 5.41) is 27.1. The lowest BCUT2D eigenvalue weighted by atomic mass is 10.0. The van der Waals surface area contributed by atoms with E-state index in [1.807, 2.05) is 6.07 Å². The normalized spacial score (nSPS) is 23.3. The van der Waals surface area contributed by atoms with E-state index in [9.17, 15) is 31.6 Å². The number of nitriles is 1. The van der Waals surface area contributed by atoms with Crippen LogP contribution in [0.25, 0.3) is 5.69 Å². The van der Waals surface area contributed by atoms with Crippen molar-refractivity contribution in [1.29, 1.82) is 5.26 Å². The molecular formula is C22H24F3N5O5S. The van der Waals surface area contributed by atoms with Crippen molar-refractivity contribution < 1.29 is 36.2 Å². The Labute approximate surface area is 205 Å². The van der Waals surface area contributed by atoms with Gasteiger partial charge in [-0.2, -0.15) is 18.4 Å². The molecule has 194 valence electrons. The zero-order valence-electron chi connectivity index (χ0n) is 19.2. The zero-order valence-corrected chi connectivity index (χ0v) is 20.0. The summed E-state index contributed by atoms with van der Waals surface area (Å²) in [5.74, 6) is -1.47. The molecule has 2 saturated carbocycles. The van der Waals surface area contributed by atoms with Crippen molar-refractivity contribution in [2.75, 3.05) is 13.7 Å². The maximum atomic E-state index is 14.0.